The molecule has 0 aliphatic carbocycles. The monoisotopic (exact) mass is 250 g/mol. The van der Waals surface area contributed by atoms with E-state index in [0.29, 0.717) is 6.61 Å². The minimum absolute atomic E-state index is 0.652. The van der Waals surface area contributed by atoms with E-state index in [1.165, 1.54) is 5.56 Å². The van der Waals surface area contributed by atoms with Crippen molar-refractivity contribution in [2.75, 3.05) is 20.3 Å². The number of methoxy groups -OCH3 is 1. The van der Waals surface area contributed by atoms with Crippen molar-refractivity contribution in [2.24, 2.45) is 0 Å². The summed E-state index contributed by atoms with van der Waals surface area (Å²) < 4.78 is 15.9. The Morgan fingerprint density at radius 2 is 1.78 bits per heavy atom. The highest BCUT2D eigenvalue weighted by molar-refractivity contribution is 5.26. The Labute approximate surface area is 109 Å². The van der Waals surface area contributed by atoms with Gasteiger partial charge < -0.3 is 14.2 Å². The number of benzene rings is 1. The van der Waals surface area contributed by atoms with Gasteiger partial charge in [-0.15, -0.1) is 0 Å². The fourth-order valence-electron chi connectivity index (χ4n) is 1.47. The average molecular weight is 250 g/mol. The standard InChI is InChI=1S/C15H22O3/c1-3-10-17-11-4-5-12-18-13-14-6-8-15(16-2)9-7-14/h3,6-10H,4-5,11-13H2,1-2H3/b10-3-. The third kappa shape index (κ3) is 6.30. The molecule has 0 bridgehead atoms. The molecule has 0 saturated carbocycles. The first kappa shape index (κ1) is 14.6. The predicted octanol–water partition coefficient (Wildman–Crippen LogP) is 3.54. The van der Waals surface area contributed by atoms with E-state index in [1.54, 1.807) is 13.4 Å². The maximum absolute atomic E-state index is 5.59. The van der Waals surface area contributed by atoms with E-state index in [9.17, 15) is 0 Å². The topological polar surface area (TPSA) is 27.7 Å². The third-order valence-corrected chi connectivity index (χ3v) is 2.46. The Bertz CT molecular complexity index is 330. The van der Waals surface area contributed by atoms with Crippen LogP contribution in [0.25, 0.3) is 0 Å². The van der Waals surface area contributed by atoms with Crippen molar-refractivity contribution in [3.8, 4) is 5.75 Å². The Morgan fingerprint density at radius 3 is 2.44 bits per heavy atom. The molecule has 0 unspecified atom stereocenters. The normalized spacial score (nSPS) is 10.8. The average Bonchev–Trinajstić information content (AvgIpc) is 2.42. The van der Waals surface area contributed by atoms with Gasteiger partial charge in [-0.2, -0.15) is 0 Å². The van der Waals surface area contributed by atoms with E-state index in [4.69, 9.17) is 14.2 Å². The van der Waals surface area contributed by atoms with E-state index < -0.39 is 0 Å². The molecule has 1 aromatic carbocycles. The fraction of sp³-hybridized carbons (Fsp3) is 0.467. The van der Waals surface area contributed by atoms with Crippen molar-refractivity contribution >= 4 is 0 Å². The number of hydrogen-bond acceptors (Lipinski definition) is 3. The molecule has 0 aliphatic heterocycles. The summed E-state index contributed by atoms with van der Waals surface area (Å²) >= 11 is 0. The lowest BCUT2D eigenvalue weighted by Crippen LogP contribution is -1.97. The molecule has 3 nitrogen and oxygen atoms in total. The Balaban J connectivity index is 2.03. The Kier molecular flexibility index (Phi) is 7.73. The van der Waals surface area contributed by atoms with Gasteiger partial charge in [-0.1, -0.05) is 18.2 Å². The molecule has 0 atom stereocenters. The van der Waals surface area contributed by atoms with Crippen LogP contribution in [-0.2, 0) is 16.1 Å². The molecule has 0 saturated heterocycles. The van der Waals surface area contributed by atoms with Crippen LogP contribution < -0.4 is 4.74 Å². The lowest BCUT2D eigenvalue weighted by Gasteiger charge is -2.05. The molecule has 0 N–H and O–H groups in total. The first-order valence-electron chi connectivity index (χ1n) is 6.30. The number of allylic oxidation sites excluding steroid dienone is 1. The molecule has 100 valence electrons. The van der Waals surface area contributed by atoms with Crippen LogP contribution in [0, 0.1) is 0 Å². The highest BCUT2D eigenvalue weighted by atomic mass is 16.5. The molecule has 0 aliphatic rings. The molecule has 0 heterocycles. The maximum Gasteiger partial charge on any atom is 0.118 e. The van der Waals surface area contributed by atoms with E-state index in [2.05, 4.69) is 0 Å². The van der Waals surface area contributed by atoms with Crippen LogP contribution in [0.2, 0.25) is 0 Å². The first-order chi connectivity index (χ1) is 8.86. The zero-order valence-electron chi connectivity index (χ0n) is 11.2. The van der Waals surface area contributed by atoms with Crippen molar-refractivity contribution in [1.82, 2.24) is 0 Å². The highest BCUT2D eigenvalue weighted by Gasteiger charge is 1.95. The largest absolute Gasteiger partial charge is 0.502 e. The van der Waals surface area contributed by atoms with Crippen LogP contribution in [0.1, 0.15) is 25.3 Å². The number of hydrogen-bond donors (Lipinski definition) is 0. The van der Waals surface area contributed by atoms with Crippen LogP contribution in [0.15, 0.2) is 36.6 Å². The summed E-state index contributed by atoms with van der Waals surface area (Å²) in [5, 5.41) is 0. The molecule has 18 heavy (non-hydrogen) atoms. The zero-order valence-corrected chi connectivity index (χ0v) is 11.2. The fourth-order valence-corrected chi connectivity index (χ4v) is 1.47. The van der Waals surface area contributed by atoms with Gasteiger partial charge in [0.15, 0.2) is 0 Å². The minimum Gasteiger partial charge on any atom is -0.502 e. The predicted molar refractivity (Wildman–Crippen MR) is 72.7 cm³/mol. The Morgan fingerprint density at radius 1 is 1.06 bits per heavy atom. The molecule has 0 spiro atoms. The van der Waals surface area contributed by atoms with Crippen LogP contribution in [-0.4, -0.2) is 20.3 Å². The van der Waals surface area contributed by atoms with Crippen molar-refractivity contribution in [2.45, 2.75) is 26.4 Å². The smallest absolute Gasteiger partial charge is 0.118 e. The zero-order chi connectivity index (χ0) is 13.1. The second-order valence-corrected chi connectivity index (χ2v) is 3.95. The first-order valence-corrected chi connectivity index (χ1v) is 6.30. The van der Waals surface area contributed by atoms with Crippen LogP contribution in [0.3, 0.4) is 0 Å². The maximum atomic E-state index is 5.59. The summed E-state index contributed by atoms with van der Waals surface area (Å²) in [6.45, 7) is 4.12. The van der Waals surface area contributed by atoms with Crippen LogP contribution in [0.5, 0.6) is 5.75 Å². The molecule has 0 aromatic heterocycles. The summed E-state index contributed by atoms with van der Waals surface area (Å²) in [7, 11) is 1.67. The molecule has 3 heteroatoms. The minimum atomic E-state index is 0.652. The lowest BCUT2D eigenvalue weighted by molar-refractivity contribution is 0.111. The summed E-state index contributed by atoms with van der Waals surface area (Å²) in [5.74, 6) is 0.875. The SMILES string of the molecule is C/C=C\OCCCCOCc1ccc(OC)cc1. The quantitative estimate of drug-likeness (QED) is 0.495. The summed E-state index contributed by atoms with van der Waals surface area (Å²) in [5.41, 5.74) is 1.17. The van der Waals surface area contributed by atoms with Gasteiger partial charge in [0.05, 0.1) is 26.6 Å². The van der Waals surface area contributed by atoms with Gasteiger partial charge in [-0.25, -0.2) is 0 Å². The number of unbranched alkanes of at least 4 members (excludes halogenated alkanes) is 1. The van der Waals surface area contributed by atoms with Gasteiger partial charge in [0.25, 0.3) is 0 Å². The second-order valence-electron chi connectivity index (χ2n) is 3.95. The van der Waals surface area contributed by atoms with Gasteiger partial charge in [-0.3, -0.25) is 0 Å². The van der Waals surface area contributed by atoms with Gasteiger partial charge in [0.2, 0.25) is 0 Å². The molecular weight excluding hydrogens is 228 g/mol. The molecule has 0 radical (unpaired) electrons. The summed E-state index contributed by atoms with van der Waals surface area (Å²) in [6.07, 6.45) is 5.65. The van der Waals surface area contributed by atoms with Crippen molar-refractivity contribution in [1.29, 1.82) is 0 Å². The van der Waals surface area contributed by atoms with Crippen LogP contribution in [0.4, 0.5) is 0 Å². The van der Waals surface area contributed by atoms with E-state index in [1.807, 2.05) is 37.3 Å². The van der Waals surface area contributed by atoms with Crippen molar-refractivity contribution in [3.05, 3.63) is 42.2 Å². The lowest BCUT2D eigenvalue weighted by atomic mass is 10.2. The van der Waals surface area contributed by atoms with Gasteiger partial charge in [0, 0.05) is 6.61 Å². The molecule has 0 fully saturated rings. The third-order valence-electron chi connectivity index (χ3n) is 2.46. The van der Waals surface area contributed by atoms with Gasteiger partial charge in [0.1, 0.15) is 5.75 Å². The van der Waals surface area contributed by atoms with Crippen molar-refractivity contribution in [3.63, 3.8) is 0 Å². The summed E-state index contributed by atoms with van der Waals surface area (Å²) in [4.78, 5) is 0. The highest BCUT2D eigenvalue weighted by Crippen LogP contribution is 2.11. The number of rotatable bonds is 9. The van der Waals surface area contributed by atoms with Gasteiger partial charge in [-0.05, 0) is 37.5 Å². The van der Waals surface area contributed by atoms with E-state index in [-0.39, 0.29) is 0 Å². The molecule has 1 aromatic rings. The van der Waals surface area contributed by atoms with E-state index >= 15 is 0 Å². The summed E-state index contributed by atoms with van der Waals surface area (Å²) in [6, 6.07) is 7.94. The molecular formula is C15H22O3. The number of ether oxygens (including phenoxy) is 3. The van der Waals surface area contributed by atoms with Gasteiger partial charge >= 0.3 is 0 Å². The molecule has 0 amide bonds. The molecule has 1 rings (SSSR count). The Hall–Kier alpha value is -1.48. The van der Waals surface area contributed by atoms with Crippen molar-refractivity contribution < 1.29 is 14.2 Å². The van der Waals surface area contributed by atoms with E-state index in [0.717, 1.165) is 31.8 Å². The second kappa shape index (κ2) is 9.54. The van der Waals surface area contributed by atoms with Crippen LogP contribution >= 0.6 is 0 Å².